The second-order valence-electron chi connectivity index (χ2n) is 5.95. The van der Waals surface area contributed by atoms with Crippen molar-refractivity contribution in [2.45, 2.75) is 32.4 Å². The molecule has 0 aliphatic rings. The third-order valence-electron chi connectivity index (χ3n) is 4.03. The van der Waals surface area contributed by atoms with Crippen molar-refractivity contribution in [1.82, 2.24) is 5.32 Å². The monoisotopic (exact) mass is 360 g/mol. The zero-order valence-electron chi connectivity index (χ0n) is 14.7. The summed E-state index contributed by atoms with van der Waals surface area (Å²) in [4.78, 5) is 12.7. The van der Waals surface area contributed by atoms with Crippen molar-refractivity contribution in [3.05, 3.63) is 66.2 Å². The maximum atomic E-state index is 12.7. The number of amides is 1. The molecule has 0 saturated carbocycles. The number of sulfonamides is 1. The molecule has 134 valence electrons. The van der Waals surface area contributed by atoms with Crippen molar-refractivity contribution in [2.24, 2.45) is 0 Å². The predicted octanol–water partition coefficient (Wildman–Crippen LogP) is 3.11. The van der Waals surface area contributed by atoms with Gasteiger partial charge in [0.15, 0.2) is 0 Å². The number of nitrogens with zero attached hydrogens (tertiary/aromatic N) is 1. The highest BCUT2D eigenvalue weighted by Crippen LogP contribution is 2.22. The number of benzene rings is 2. The number of nitrogens with one attached hydrogen (secondary N) is 1. The Bertz CT molecular complexity index is 792. The fourth-order valence-electron chi connectivity index (χ4n) is 2.78. The molecule has 2 aromatic rings. The number of hydrogen-bond acceptors (Lipinski definition) is 3. The van der Waals surface area contributed by atoms with Gasteiger partial charge in [0.25, 0.3) is 0 Å². The molecule has 5 nitrogen and oxygen atoms in total. The number of hydrogen-bond donors (Lipinski definition) is 1. The lowest BCUT2D eigenvalue weighted by molar-refractivity contribution is -0.122. The lowest BCUT2D eigenvalue weighted by Crippen LogP contribution is -2.48. The maximum absolute atomic E-state index is 12.7. The van der Waals surface area contributed by atoms with Crippen molar-refractivity contribution in [1.29, 1.82) is 0 Å². The van der Waals surface area contributed by atoms with Crippen molar-refractivity contribution in [2.75, 3.05) is 10.6 Å². The van der Waals surface area contributed by atoms with Crippen LogP contribution in [0.1, 0.15) is 31.9 Å². The summed E-state index contributed by atoms with van der Waals surface area (Å²) in [5, 5.41) is 2.96. The molecule has 1 N–H and O–H groups in total. The molecule has 6 heteroatoms. The second-order valence-corrected chi connectivity index (χ2v) is 7.81. The fraction of sp³-hybridized carbons (Fsp3) is 0.316. The molecule has 2 atom stereocenters. The zero-order chi connectivity index (χ0) is 18.4. The molecule has 0 saturated heterocycles. The van der Waals surface area contributed by atoms with E-state index in [0.717, 1.165) is 16.1 Å². The van der Waals surface area contributed by atoms with Crippen molar-refractivity contribution in [3.8, 4) is 0 Å². The molecule has 25 heavy (non-hydrogen) atoms. The first-order chi connectivity index (χ1) is 11.8. The molecule has 0 heterocycles. The van der Waals surface area contributed by atoms with Crippen LogP contribution in [0.15, 0.2) is 60.7 Å². The highest BCUT2D eigenvalue weighted by atomic mass is 32.2. The van der Waals surface area contributed by atoms with E-state index in [1.54, 1.807) is 37.3 Å². The minimum atomic E-state index is -3.60. The average Bonchev–Trinajstić information content (AvgIpc) is 2.60. The Balaban J connectivity index is 2.24. The summed E-state index contributed by atoms with van der Waals surface area (Å²) in [6, 6.07) is 17.3. The third-order valence-corrected chi connectivity index (χ3v) is 5.27. The SMILES string of the molecule is CC[C@H](NC(=O)[C@H](C)N(c1ccccc1)S(C)(=O)=O)c1ccccc1. The summed E-state index contributed by atoms with van der Waals surface area (Å²) in [5.74, 6) is -0.329. The van der Waals surface area contributed by atoms with Crippen LogP contribution in [0.3, 0.4) is 0 Å². The first-order valence-electron chi connectivity index (χ1n) is 8.24. The van der Waals surface area contributed by atoms with E-state index in [1.807, 2.05) is 37.3 Å². The normalized spacial score (nSPS) is 13.7. The minimum absolute atomic E-state index is 0.159. The van der Waals surface area contributed by atoms with E-state index in [2.05, 4.69) is 5.32 Å². The molecule has 1 amide bonds. The standard InChI is InChI=1S/C19H24N2O3S/c1-4-18(16-11-7-5-8-12-16)20-19(22)15(2)21(25(3,23)24)17-13-9-6-10-14-17/h5-15,18H,4H2,1-3H3,(H,20,22)/t15-,18-/m0/s1. The van der Waals surface area contributed by atoms with E-state index < -0.39 is 16.1 Å². The van der Waals surface area contributed by atoms with Gasteiger partial charge in [0, 0.05) is 0 Å². The largest absolute Gasteiger partial charge is 0.347 e. The van der Waals surface area contributed by atoms with Crippen LogP contribution in [0, 0.1) is 0 Å². The molecule has 2 rings (SSSR count). The van der Waals surface area contributed by atoms with E-state index in [9.17, 15) is 13.2 Å². The molecule has 0 bridgehead atoms. The number of para-hydroxylation sites is 1. The third kappa shape index (κ3) is 4.82. The van der Waals surface area contributed by atoms with Gasteiger partial charge in [0.1, 0.15) is 6.04 Å². The van der Waals surface area contributed by atoms with Crippen LogP contribution < -0.4 is 9.62 Å². The number of rotatable bonds is 7. The molecule has 0 unspecified atom stereocenters. The van der Waals surface area contributed by atoms with Crippen LogP contribution in [0.4, 0.5) is 5.69 Å². The van der Waals surface area contributed by atoms with E-state index in [4.69, 9.17) is 0 Å². The number of carbonyl (C=O) groups is 1. The van der Waals surface area contributed by atoms with Crippen LogP contribution in [-0.2, 0) is 14.8 Å². The van der Waals surface area contributed by atoms with E-state index in [-0.39, 0.29) is 11.9 Å². The van der Waals surface area contributed by atoms with Crippen LogP contribution >= 0.6 is 0 Å². The van der Waals surface area contributed by atoms with Gasteiger partial charge in [-0.25, -0.2) is 8.42 Å². The Morgan fingerprint density at radius 2 is 1.56 bits per heavy atom. The second kappa shape index (κ2) is 8.16. The van der Waals surface area contributed by atoms with Crippen LogP contribution in [0.2, 0.25) is 0 Å². The summed E-state index contributed by atoms with van der Waals surface area (Å²) in [6.07, 6.45) is 1.82. The molecule has 0 fully saturated rings. The Kier molecular flexibility index (Phi) is 6.20. The molecular formula is C19H24N2O3S. The van der Waals surface area contributed by atoms with Gasteiger partial charge in [-0.3, -0.25) is 9.10 Å². The molecule has 0 spiro atoms. The lowest BCUT2D eigenvalue weighted by Gasteiger charge is -2.29. The molecule has 2 aromatic carbocycles. The first-order valence-corrected chi connectivity index (χ1v) is 10.1. The maximum Gasteiger partial charge on any atom is 0.244 e. The number of anilines is 1. The Labute approximate surface area is 149 Å². The molecule has 0 aliphatic carbocycles. The van der Waals surface area contributed by atoms with Gasteiger partial charge < -0.3 is 5.32 Å². The molecule has 0 aliphatic heterocycles. The van der Waals surface area contributed by atoms with Gasteiger partial charge >= 0.3 is 0 Å². The number of carbonyl (C=O) groups excluding carboxylic acids is 1. The Morgan fingerprint density at radius 3 is 2.04 bits per heavy atom. The minimum Gasteiger partial charge on any atom is -0.347 e. The summed E-state index contributed by atoms with van der Waals surface area (Å²) in [5.41, 5.74) is 1.47. The zero-order valence-corrected chi connectivity index (χ0v) is 15.5. The van der Waals surface area contributed by atoms with Gasteiger partial charge in [0.05, 0.1) is 18.0 Å². The van der Waals surface area contributed by atoms with Crippen molar-refractivity contribution in [3.63, 3.8) is 0 Å². The summed E-state index contributed by atoms with van der Waals surface area (Å²) < 4.78 is 25.7. The Morgan fingerprint density at radius 1 is 1.04 bits per heavy atom. The van der Waals surface area contributed by atoms with Gasteiger partial charge in [-0.1, -0.05) is 55.5 Å². The average molecular weight is 360 g/mol. The van der Waals surface area contributed by atoms with E-state index in [0.29, 0.717) is 12.1 Å². The van der Waals surface area contributed by atoms with Crippen molar-refractivity contribution < 1.29 is 13.2 Å². The van der Waals surface area contributed by atoms with Gasteiger partial charge in [-0.15, -0.1) is 0 Å². The van der Waals surface area contributed by atoms with Gasteiger partial charge in [-0.05, 0) is 31.0 Å². The van der Waals surface area contributed by atoms with Crippen LogP contribution in [0.25, 0.3) is 0 Å². The van der Waals surface area contributed by atoms with Gasteiger partial charge in [-0.2, -0.15) is 0 Å². The lowest BCUT2D eigenvalue weighted by atomic mass is 10.0. The Hall–Kier alpha value is -2.34. The molecule has 0 radical (unpaired) electrons. The first kappa shape index (κ1) is 19.0. The van der Waals surface area contributed by atoms with E-state index in [1.165, 1.54) is 0 Å². The summed E-state index contributed by atoms with van der Waals surface area (Å²) in [6.45, 7) is 3.58. The van der Waals surface area contributed by atoms with Crippen LogP contribution in [-0.4, -0.2) is 26.6 Å². The quantitative estimate of drug-likeness (QED) is 0.825. The fourth-order valence-corrected chi connectivity index (χ4v) is 3.96. The highest BCUT2D eigenvalue weighted by molar-refractivity contribution is 7.92. The highest BCUT2D eigenvalue weighted by Gasteiger charge is 2.30. The molecular weight excluding hydrogens is 336 g/mol. The molecule has 0 aromatic heterocycles. The van der Waals surface area contributed by atoms with Gasteiger partial charge in [0.2, 0.25) is 15.9 Å². The topological polar surface area (TPSA) is 66.5 Å². The van der Waals surface area contributed by atoms with Crippen molar-refractivity contribution >= 4 is 21.6 Å². The summed E-state index contributed by atoms with van der Waals surface area (Å²) in [7, 11) is -3.60. The van der Waals surface area contributed by atoms with E-state index >= 15 is 0 Å². The van der Waals surface area contributed by atoms with Crippen LogP contribution in [0.5, 0.6) is 0 Å². The summed E-state index contributed by atoms with van der Waals surface area (Å²) >= 11 is 0. The predicted molar refractivity (Wildman–Crippen MR) is 101 cm³/mol. The smallest absolute Gasteiger partial charge is 0.244 e.